The zero-order valence-electron chi connectivity index (χ0n) is 11.8. The Morgan fingerprint density at radius 1 is 1.19 bits per heavy atom. The van der Waals surface area contributed by atoms with E-state index in [4.69, 9.17) is 11.6 Å². The molecule has 0 aliphatic heterocycles. The third-order valence-corrected chi connectivity index (χ3v) is 3.61. The highest BCUT2D eigenvalue weighted by molar-refractivity contribution is 6.30. The maximum atomic E-state index is 12.0. The van der Waals surface area contributed by atoms with E-state index in [0.717, 1.165) is 11.1 Å². The van der Waals surface area contributed by atoms with E-state index in [1.807, 2.05) is 43.3 Å². The molecule has 0 aromatic heterocycles. The van der Waals surface area contributed by atoms with E-state index in [1.165, 1.54) is 0 Å². The zero-order valence-corrected chi connectivity index (χ0v) is 12.6. The minimum Gasteiger partial charge on any atom is -0.508 e. The molecule has 0 saturated carbocycles. The molecule has 3 nitrogen and oxygen atoms in total. The van der Waals surface area contributed by atoms with Crippen LogP contribution in [0.2, 0.25) is 5.02 Å². The van der Waals surface area contributed by atoms with Crippen LogP contribution in [0.15, 0.2) is 48.5 Å². The first kappa shape index (κ1) is 15.4. The first-order valence-corrected chi connectivity index (χ1v) is 7.26. The number of amides is 1. The second kappa shape index (κ2) is 7.14. The maximum absolute atomic E-state index is 12.0. The van der Waals surface area contributed by atoms with Crippen LogP contribution in [0.25, 0.3) is 0 Å². The molecule has 4 heteroatoms. The summed E-state index contributed by atoms with van der Waals surface area (Å²) in [5, 5.41) is 13.3. The number of hydrogen-bond acceptors (Lipinski definition) is 2. The van der Waals surface area contributed by atoms with E-state index in [-0.39, 0.29) is 17.7 Å². The SMILES string of the molecule is CC(NC(=O)CCc1ccccc1O)c1ccc(Cl)cc1. The summed E-state index contributed by atoms with van der Waals surface area (Å²) < 4.78 is 0. The second-order valence-electron chi connectivity index (χ2n) is 4.97. The molecule has 1 unspecified atom stereocenters. The summed E-state index contributed by atoms with van der Waals surface area (Å²) in [6.07, 6.45) is 0.862. The number of nitrogens with one attached hydrogen (secondary N) is 1. The molecule has 21 heavy (non-hydrogen) atoms. The number of phenols is 1. The van der Waals surface area contributed by atoms with E-state index in [2.05, 4.69) is 5.32 Å². The van der Waals surface area contributed by atoms with Crippen LogP contribution in [0.5, 0.6) is 5.75 Å². The average Bonchev–Trinajstić information content (AvgIpc) is 2.47. The Hall–Kier alpha value is -2.00. The molecule has 2 N–H and O–H groups in total. The molecule has 0 bridgehead atoms. The molecule has 1 atom stereocenters. The Balaban J connectivity index is 1.87. The molecule has 0 radical (unpaired) electrons. The van der Waals surface area contributed by atoms with Crippen molar-refractivity contribution in [3.8, 4) is 5.75 Å². The fourth-order valence-electron chi connectivity index (χ4n) is 2.12. The number of hydrogen-bond donors (Lipinski definition) is 2. The summed E-state index contributed by atoms with van der Waals surface area (Å²) in [7, 11) is 0. The number of para-hydroxylation sites is 1. The van der Waals surface area contributed by atoms with Gasteiger partial charge in [-0.2, -0.15) is 0 Å². The van der Waals surface area contributed by atoms with Crippen LogP contribution in [-0.4, -0.2) is 11.0 Å². The van der Waals surface area contributed by atoms with Crippen molar-refractivity contribution in [3.63, 3.8) is 0 Å². The van der Waals surface area contributed by atoms with Gasteiger partial charge in [-0.25, -0.2) is 0 Å². The van der Waals surface area contributed by atoms with Gasteiger partial charge in [-0.1, -0.05) is 41.9 Å². The van der Waals surface area contributed by atoms with Crippen molar-refractivity contribution < 1.29 is 9.90 Å². The zero-order chi connectivity index (χ0) is 15.2. The fraction of sp³-hybridized carbons (Fsp3) is 0.235. The van der Waals surface area contributed by atoms with Crippen LogP contribution < -0.4 is 5.32 Å². The summed E-state index contributed by atoms with van der Waals surface area (Å²) in [5.74, 6) is 0.191. The number of halogens is 1. The molecule has 0 spiro atoms. The van der Waals surface area contributed by atoms with Crippen molar-refractivity contribution in [2.75, 3.05) is 0 Å². The Bertz CT molecular complexity index is 610. The summed E-state index contributed by atoms with van der Waals surface area (Å²) in [6, 6.07) is 14.4. The lowest BCUT2D eigenvalue weighted by Gasteiger charge is -2.14. The molecule has 2 rings (SSSR count). The largest absolute Gasteiger partial charge is 0.508 e. The number of aryl methyl sites for hydroxylation is 1. The van der Waals surface area contributed by atoms with E-state index >= 15 is 0 Å². The van der Waals surface area contributed by atoms with Crippen LogP contribution in [0.3, 0.4) is 0 Å². The highest BCUT2D eigenvalue weighted by Gasteiger charge is 2.10. The lowest BCUT2D eigenvalue weighted by atomic mass is 10.1. The number of carbonyl (C=O) groups excluding carboxylic acids is 1. The average molecular weight is 304 g/mol. The van der Waals surface area contributed by atoms with Crippen LogP contribution in [0.1, 0.15) is 30.5 Å². The van der Waals surface area contributed by atoms with Gasteiger partial charge in [0.05, 0.1) is 6.04 Å². The van der Waals surface area contributed by atoms with Gasteiger partial charge in [-0.3, -0.25) is 4.79 Å². The molecule has 2 aromatic rings. The van der Waals surface area contributed by atoms with Gasteiger partial charge in [0, 0.05) is 11.4 Å². The molecule has 0 aliphatic rings. The fourth-order valence-corrected chi connectivity index (χ4v) is 2.24. The third kappa shape index (κ3) is 4.50. The smallest absolute Gasteiger partial charge is 0.220 e. The van der Waals surface area contributed by atoms with Crippen LogP contribution in [-0.2, 0) is 11.2 Å². The van der Waals surface area contributed by atoms with Gasteiger partial charge in [-0.15, -0.1) is 0 Å². The Morgan fingerprint density at radius 2 is 1.86 bits per heavy atom. The van der Waals surface area contributed by atoms with Gasteiger partial charge >= 0.3 is 0 Å². The monoisotopic (exact) mass is 303 g/mol. The first-order chi connectivity index (χ1) is 10.1. The van der Waals surface area contributed by atoms with E-state index in [0.29, 0.717) is 17.9 Å². The predicted octanol–water partition coefficient (Wildman–Crippen LogP) is 3.86. The van der Waals surface area contributed by atoms with Gasteiger partial charge < -0.3 is 10.4 Å². The standard InChI is InChI=1S/C17H18ClNO2/c1-12(13-6-9-15(18)10-7-13)19-17(21)11-8-14-4-2-3-5-16(14)20/h2-7,9-10,12,20H,8,11H2,1H3,(H,19,21). The summed E-state index contributed by atoms with van der Waals surface area (Å²) in [4.78, 5) is 12.0. The molecule has 110 valence electrons. The Labute approximate surface area is 129 Å². The van der Waals surface area contributed by atoms with Crippen molar-refractivity contribution >= 4 is 17.5 Å². The Kier molecular flexibility index (Phi) is 5.23. The van der Waals surface area contributed by atoms with Crippen LogP contribution in [0, 0.1) is 0 Å². The van der Waals surface area contributed by atoms with Gasteiger partial charge in [0.1, 0.15) is 5.75 Å². The van der Waals surface area contributed by atoms with E-state index in [1.54, 1.807) is 12.1 Å². The predicted molar refractivity (Wildman–Crippen MR) is 84.4 cm³/mol. The van der Waals surface area contributed by atoms with Crippen molar-refractivity contribution in [2.45, 2.75) is 25.8 Å². The lowest BCUT2D eigenvalue weighted by molar-refractivity contribution is -0.121. The first-order valence-electron chi connectivity index (χ1n) is 6.88. The number of phenolic OH excluding ortho intramolecular Hbond substituents is 1. The third-order valence-electron chi connectivity index (χ3n) is 3.36. The normalized spacial score (nSPS) is 11.9. The molecule has 1 amide bonds. The summed E-state index contributed by atoms with van der Waals surface area (Å²) in [6.45, 7) is 1.93. The quantitative estimate of drug-likeness (QED) is 0.881. The lowest BCUT2D eigenvalue weighted by Crippen LogP contribution is -2.26. The molecular formula is C17H18ClNO2. The van der Waals surface area contributed by atoms with Crippen LogP contribution >= 0.6 is 11.6 Å². The number of rotatable bonds is 5. The highest BCUT2D eigenvalue weighted by atomic mass is 35.5. The maximum Gasteiger partial charge on any atom is 0.220 e. The van der Waals surface area contributed by atoms with Gasteiger partial charge in [0.15, 0.2) is 0 Å². The van der Waals surface area contributed by atoms with E-state index in [9.17, 15) is 9.90 Å². The van der Waals surface area contributed by atoms with Crippen molar-refractivity contribution in [3.05, 3.63) is 64.7 Å². The van der Waals surface area contributed by atoms with E-state index < -0.39 is 0 Å². The number of benzene rings is 2. The molecule has 0 fully saturated rings. The topological polar surface area (TPSA) is 49.3 Å². The van der Waals surface area contributed by atoms with Gasteiger partial charge in [-0.05, 0) is 42.7 Å². The minimum absolute atomic E-state index is 0.0410. The molecule has 0 aliphatic carbocycles. The highest BCUT2D eigenvalue weighted by Crippen LogP contribution is 2.18. The van der Waals surface area contributed by atoms with Gasteiger partial charge in [0.2, 0.25) is 5.91 Å². The molecular weight excluding hydrogens is 286 g/mol. The van der Waals surface area contributed by atoms with Crippen molar-refractivity contribution in [2.24, 2.45) is 0 Å². The molecule has 0 heterocycles. The second-order valence-corrected chi connectivity index (χ2v) is 5.41. The molecule has 2 aromatic carbocycles. The van der Waals surface area contributed by atoms with Gasteiger partial charge in [0.25, 0.3) is 0 Å². The van der Waals surface area contributed by atoms with Crippen LogP contribution in [0.4, 0.5) is 0 Å². The minimum atomic E-state index is -0.0702. The van der Waals surface area contributed by atoms with Crippen molar-refractivity contribution in [1.82, 2.24) is 5.32 Å². The Morgan fingerprint density at radius 3 is 2.52 bits per heavy atom. The van der Waals surface area contributed by atoms with Crippen molar-refractivity contribution in [1.29, 1.82) is 0 Å². The molecule has 0 saturated heterocycles. The number of carbonyl (C=O) groups is 1. The number of aromatic hydroxyl groups is 1. The summed E-state index contributed by atoms with van der Waals surface area (Å²) in [5.41, 5.74) is 1.79. The summed E-state index contributed by atoms with van der Waals surface area (Å²) >= 11 is 5.84.